The predicted molar refractivity (Wildman–Crippen MR) is 40.1 cm³/mol. The topological polar surface area (TPSA) is 12.2 Å². The second-order valence-corrected chi connectivity index (χ2v) is 3.79. The van der Waals surface area contributed by atoms with E-state index in [9.17, 15) is 0 Å². The Kier molecular flexibility index (Phi) is 2.01. The van der Waals surface area contributed by atoms with Crippen LogP contribution in [0.2, 0.25) is 0 Å². The van der Waals surface area contributed by atoms with Gasteiger partial charge in [-0.2, -0.15) is 4.58 Å². The molecule has 0 aliphatic carbocycles. The van der Waals surface area contributed by atoms with E-state index < -0.39 is 0 Å². The fourth-order valence-corrected chi connectivity index (χ4v) is 1.49. The van der Waals surface area contributed by atoms with Gasteiger partial charge >= 0.3 is 5.23 Å². The maximum atomic E-state index is 5.33. The van der Waals surface area contributed by atoms with Crippen molar-refractivity contribution in [3.63, 3.8) is 0 Å². The Morgan fingerprint density at radius 3 is 2.56 bits per heavy atom. The van der Waals surface area contributed by atoms with Crippen molar-refractivity contribution in [1.29, 1.82) is 0 Å². The van der Waals surface area contributed by atoms with Crippen LogP contribution in [0.1, 0.15) is 6.92 Å². The van der Waals surface area contributed by atoms with Gasteiger partial charge in [0.25, 0.3) is 0 Å². The van der Waals surface area contributed by atoms with Crippen LogP contribution in [-0.4, -0.2) is 35.8 Å². The number of nitrogens with zero attached hydrogens (tertiary/aromatic N) is 1. The van der Waals surface area contributed by atoms with Gasteiger partial charge < -0.3 is 4.74 Å². The summed E-state index contributed by atoms with van der Waals surface area (Å²) in [6.45, 7) is 3.03. The monoisotopic (exact) mass is 146 g/mol. The van der Waals surface area contributed by atoms with E-state index in [1.54, 1.807) is 11.8 Å². The molecule has 0 aromatic rings. The molecule has 0 N–H and O–H groups in total. The van der Waals surface area contributed by atoms with Crippen LogP contribution >= 0.6 is 11.8 Å². The molecule has 1 aliphatic rings. The molecule has 9 heavy (non-hydrogen) atoms. The molecule has 3 heteroatoms. The number of thioether (sulfide) groups is 1. The van der Waals surface area contributed by atoms with Gasteiger partial charge in [-0.3, -0.25) is 0 Å². The molecule has 1 rings (SSSR count). The molecule has 0 amide bonds. The lowest BCUT2D eigenvalue weighted by Crippen LogP contribution is -2.07. The number of ether oxygens (including phenoxy) is 1. The lowest BCUT2D eigenvalue weighted by molar-refractivity contribution is -0.470. The third-order valence-electron chi connectivity index (χ3n) is 1.11. The highest BCUT2D eigenvalue weighted by molar-refractivity contribution is 8.14. The van der Waals surface area contributed by atoms with E-state index in [1.165, 1.54) is 0 Å². The first-order chi connectivity index (χ1) is 4.20. The molecule has 1 fully saturated rings. The SMILES string of the molecule is CC1COC(=[N+](C)C)S1. The van der Waals surface area contributed by atoms with Crippen LogP contribution in [0.5, 0.6) is 0 Å². The van der Waals surface area contributed by atoms with Gasteiger partial charge in [0.2, 0.25) is 0 Å². The van der Waals surface area contributed by atoms with Crippen molar-refractivity contribution in [2.75, 3.05) is 20.7 Å². The zero-order valence-corrected chi connectivity index (χ0v) is 6.86. The molecule has 0 saturated carbocycles. The van der Waals surface area contributed by atoms with E-state index in [0.717, 1.165) is 11.8 Å². The zero-order valence-electron chi connectivity index (χ0n) is 6.05. The molecule has 1 atom stereocenters. The highest BCUT2D eigenvalue weighted by Crippen LogP contribution is 2.20. The molecular formula is C6H12NOS+. The average Bonchev–Trinajstić information content (AvgIpc) is 2.14. The lowest BCUT2D eigenvalue weighted by Gasteiger charge is -1.89. The van der Waals surface area contributed by atoms with Crippen molar-refractivity contribution in [2.45, 2.75) is 12.2 Å². The van der Waals surface area contributed by atoms with E-state index in [4.69, 9.17) is 4.74 Å². The smallest absolute Gasteiger partial charge is 0.400 e. The summed E-state index contributed by atoms with van der Waals surface area (Å²) in [5.41, 5.74) is 0. The molecule has 0 aromatic heterocycles. The summed E-state index contributed by atoms with van der Waals surface area (Å²) in [6, 6.07) is 0. The van der Waals surface area contributed by atoms with Crippen molar-refractivity contribution in [3.8, 4) is 0 Å². The second-order valence-electron chi connectivity index (χ2n) is 2.40. The van der Waals surface area contributed by atoms with E-state index >= 15 is 0 Å². The molecule has 52 valence electrons. The Labute approximate surface area is 59.9 Å². The lowest BCUT2D eigenvalue weighted by atomic mass is 10.5. The fraction of sp³-hybridized carbons (Fsp3) is 0.833. The predicted octanol–water partition coefficient (Wildman–Crippen LogP) is 0.766. The Morgan fingerprint density at radius 1 is 1.67 bits per heavy atom. The second kappa shape index (κ2) is 2.60. The van der Waals surface area contributed by atoms with Crippen LogP contribution < -0.4 is 0 Å². The fourth-order valence-electron chi connectivity index (χ4n) is 0.663. The molecule has 0 aromatic carbocycles. The Hall–Kier alpha value is -0.180. The van der Waals surface area contributed by atoms with Crippen molar-refractivity contribution in [3.05, 3.63) is 0 Å². The Bertz CT molecular complexity index is 140. The molecule has 1 saturated heterocycles. The molecule has 1 aliphatic heterocycles. The van der Waals surface area contributed by atoms with Gasteiger partial charge in [-0.1, -0.05) is 0 Å². The molecule has 0 spiro atoms. The molecule has 0 radical (unpaired) electrons. The molecule has 1 heterocycles. The van der Waals surface area contributed by atoms with E-state index in [0.29, 0.717) is 5.25 Å². The number of hydrogen-bond acceptors (Lipinski definition) is 2. The molecule has 0 bridgehead atoms. The molecule has 1 unspecified atom stereocenters. The van der Waals surface area contributed by atoms with Gasteiger partial charge in [-0.25, -0.2) is 0 Å². The highest BCUT2D eigenvalue weighted by Gasteiger charge is 2.24. The quantitative estimate of drug-likeness (QED) is 0.468. The summed E-state index contributed by atoms with van der Waals surface area (Å²) in [7, 11) is 4.00. The molecule has 2 nitrogen and oxygen atoms in total. The largest absolute Gasteiger partial charge is 0.438 e. The van der Waals surface area contributed by atoms with Crippen LogP contribution in [0.3, 0.4) is 0 Å². The van der Waals surface area contributed by atoms with Crippen LogP contribution in [-0.2, 0) is 4.74 Å². The van der Waals surface area contributed by atoms with E-state index in [2.05, 4.69) is 6.92 Å². The zero-order chi connectivity index (χ0) is 6.85. The van der Waals surface area contributed by atoms with Crippen LogP contribution in [0.15, 0.2) is 0 Å². The summed E-state index contributed by atoms with van der Waals surface area (Å²) >= 11 is 1.79. The maximum absolute atomic E-state index is 5.33. The first-order valence-electron chi connectivity index (χ1n) is 3.04. The summed E-state index contributed by atoms with van der Waals surface area (Å²) in [5, 5.41) is 1.67. The Morgan fingerprint density at radius 2 is 2.33 bits per heavy atom. The van der Waals surface area contributed by atoms with Gasteiger partial charge in [0.1, 0.15) is 20.7 Å². The van der Waals surface area contributed by atoms with Crippen LogP contribution in [0.25, 0.3) is 0 Å². The summed E-state index contributed by atoms with van der Waals surface area (Å²) in [6.07, 6.45) is 0. The van der Waals surface area contributed by atoms with Gasteiger partial charge in [0.05, 0.1) is 5.25 Å². The van der Waals surface area contributed by atoms with Gasteiger partial charge in [-0.05, 0) is 18.7 Å². The molecular weight excluding hydrogens is 134 g/mol. The van der Waals surface area contributed by atoms with Crippen LogP contribution in [0.4, 0.5) is 0 Å². The van der Waals surface area contributed by atoms with Crippen molar-refractivity contribution in [2.24, 2.45) is 0 Å². The number of rotatable bonds is 0. The third kappa shape index (κ3) is 1.61. The van der Waals surface area contributed by atoms with E-state index in [1.807, 2.05) is 18.7 Å². The first-order valence-corrected chi connectivity index (χ1v) is 3.92. The minimum absolute atomic E-state index is 0.627. The maximum Gasteiger partial charge on any atom is 0.400 e. The third-order valence-corrected chi connectivity index (χ3v) is 2.33. The van der Waals surface area contributed by atoms with Gasteiger partial charge in [-0.15, -0.1) is 0 Å². The normalized spacial score (nSPS) is 26.1. The highest BCUT2D eigenvalue weighted by atomic mass is 32.2. The van der Waals surface area contributed by atoms with Crippen LogP contribution in [0, 0.1) is 0 Å². The van der Waals surface area contributed by atoms with Gasteiger partial charge in [0, 0.05) is 0 Å². The number of hydrogen-bond donors (Lipinski definition) is 0. The van der Waals surface area contributed by atoms with E-state index in [-0.39, 0.29) is 0 Å². The summed E-state index contributed by atoms with van der Waals surface area (Å²) in [5.74, 6) is 0. The van der Waals surface area contributed by atoms with Crippen molar-refractivity contribution in [1.82, 2.24) is 0 Å². The Balaban J connectivity index is 2.58. The minimum Gasteiger partial charge on any atom is -0.438 e. The minimum atomic E-state index is 0.627. The summed E-state index contributed by atoms with van der Waals surface area (Å²) < 4.78 is 7.34. The van der Waals surface area contributed by atoms with Crippen molar-refractivity contribution >= 4 is 17.0 Å². The first kappa shape index (κ1) is 6.93. The standard InChI is InChI=1S/C6H12NOS/c1-5-4-8-6(9-5)7(2)3/h5H,4H2,1-3H3/q+1. The summed E-state index contributed by atoms with van der Waals surface area (Å²) in [4.78, 5) is 0. The van der Waals surface area contributed by atoms with Crippen molar-refractivity contribution < 1.29 is 9.31 Å². The van der Waals surface area contributed by atoms with Gasteiger partial charge in [0.15, 0.2) is 0 Å². The average molecular weight is 146 g/mol.